The van der Waals surface area contributed by atoms with Crippen LogP contribution in [0.4, 0.5) is 5.69 Å². The van der Waals surface area contributed by atoms with Gasteiger partial charge < -0.3 is 0 Å². The van der Waals surface area contributed by atoms with Crippen LogP contribution in [-0.2, 0) is 4.79 Å². The number of carbonyl (C=O) groups excluding carboxylic acids is 1. The van der Waals surface area contributed by atoms with Gasteiger partial charge in [0.15, 0.2) is 0 Å². The monoisotopic (exact) mass is 639 g/mol. The average Bonchev–Trinajstić information content (AvgIpc) is 2.91. The molecule has 7 heteroatoms. The number of phenols is 1. The minimum absolute atomic E-state index is 0.0141. The van der Waals surface area contributed by atoms with E-state index in [2.05, 4.69) is 80.3 Å². The minimum atomic E-state index is -2.71. The van der Waals surface area contributed by atoms with Crippen LogP contribution in [0.25, 0.3) is 10.0 Å². The van der Waals surface area contributed by atoms with Gasteiger partial charge in [-0.2, -0.15) is 0 Å². The number of hydrogen-bond donors (Lipinski definition) is 1. The van der Waals surface area contributed by atoms with Crippen LogP contribution in [0.15, 0.2) is 49.5 Å². The van der Waals surface area contributed by atoms with Crippen molar-refractivity contribution in [2.75, 3.05) is 0 Å². The Morgan fingerprint density at radius 3 is 2.16 bits per heavy atom. The molecule has 32 heavy (non-hydrogen) atoms. The van der Waals surface area contributed by atoms with E-state index in [1.54, 1.807) is 12.1 Å². The number of aliphatic imine (C=N–C) groups is 1. The molecule has 2 heterocycles. The summed E-state index contributed by atoms with van der Waals surface area (Å²) in [5, 5.41) is 13.3. The van der Waals surface area contributed by atoms with Gasteiger partial charge in [-0.3, -0.25) is 0 Å². The Bertz CT molecular complexity index is 1240. The maximum atomic E-state index is 12.6. The van der Waals surface area contributed by atoms with Gasteiger partial charge in [-0.1, -0.05) is 0 Å². The molecule has 0 unspecified atom stereocenters. The van der Waals surface area contributed by atoms with E-state index in [-0.39, 0.29) is 36.1 Å². The Morgan fingerprint density at radius 2 is 1.62 bits per heavy atom. The fraction of sp³-hybridized carbons (Fsp3) is 0.360. The third-order valence-corrected chi connectivity index (χ3v) is 19.4. The Kier molecular flexibility index (Phi) is 5.87. The Balaban J connectivity index is 2.28. The van der Waals surface area contributed by atoms with Crippen molar-refractivity contribution in [3.8, 4) is 15.8 Å². The molecule has 1 aromatic heterocycles. The summed E-state index contributed by atoms with van der Waals surface area (Å²) >= 11 is 7.60. The summed E-state index contributed by atoms with van der Waals surface area (Å²) in [5.74, 6) is 0.301. The number of halogens is 2. The SMILES string of the molecule is Cc1[se]c(-c2c(O)ccc3c2[Si](C(C)(C)C)(C(C)(C)C)C2=CC(=O)C=CC2=N3)c(Br)c1Br. The number of benzene rings is 1. The van der Waals surface area contributed by atoms with Crippen molar-refractivity contribution in [2.45, 2.75) is 58.5 Å². The molecule has 1 aliphatic carbocycles. The van der Waals surface area contributed by atoms with Gasteiger partial charge in [0.05, 0.1) is 0 Å². The number of phenolic OH excluding ortho intramolecular Hbond substituents is 1. The standard InChI is InChI=1S/C25H27Br2NO2SeSi/c1-13-20(26)21(27)22(31-13)19-17(30)11-10-16-23(19)32(24(2,3)4,25(5,6)7)18-12-14(29)8-9-15(18)28-16/h8-12,30H,1-7H3. The number of nitrogens with zero attached hydrogens (tertiary/aromatic N) is 1. The molecule has 2 aromatic rings. The van der Waals surface area contributed by atoms with Crippen LogP contribution in [-0.4, -0.2) is 39.2 Å². The van der Waals surface area contributed by atoms with E-state index in [1.165, 1.54) is 4.44 Å². The molecule has 0 radical (unpaired) electrons. The van der Waals surface area contributed by atoms with Gasteiger partial charge in [0.1, 0.15) is 0 Å². The second kappa shape index (κ2) is 7.77. The van der Waals surface area contributed by atoms with Crippen molar-refractivity contribution >= 4 is 76.8 Å². The molecule has 4 rings (SSSR count). The summed E-state index contributed by atoms with van der Waals surface area (Å²) in [7, 11) is -2.71. The molecule has 0 saturated heterocycles. The predicted octanol–water partition coefficient (Wildman–Crippen LogP) is 6.90. The fourth-order valence-corrected chi connectivity index (χ4v) is 17.9. The summed E-state index contributed by atoms with van der Waals surface area (Å²) in [5.41, 5.74) is 2.72. The Hall–Kier alpha value is -0.984. The molecule has 0 fully saturated rings. The molecule has 0 bridgehead atoms. The molecule has 1 aliphatic heterocycles. The summed E-state index contributed by atoms with van der Waals surface area (Å²) in [6.07, 6.45) is 5.31. The first-order valence-corrected chi connectivity index (χ1v) is 15.9. The number of hydrogen-bond acceptors (Lipinski definition) is 3. The molecule has 0 amide bonds. The van der Waals surface area contributed by atoms with E-state index in [9.17, 15) is 9.90 Å². The second-order valence-electron chi connectivity index (χ2n) is 10.5. The van der Waals surface area contributed by atoms with Gasteiger partial charge in [-0.15, -0.1) is 0 Å². The van der Waals surface area contributed by atoms with Crippen LogP contribution < -0.4 is 5.19 Å². The van der Waals surface area contributed by atoms with E-state index in [4.69, 9.17) is 4.99 Å². The van der Waals surface area contributed by atoms with E-state index in [0.29, 0.717) is 0 Å². The summed E-state index contributed by atoms with van der Waals surface area (Å²) in [6, 6.07) is 3.73. The number of aromatic hydroxyl groups is 1. The number of fused-ring (bicyclic) bond motifs is 2. The molecule has 1 aromatic carbocycles. The van der Waals surface area contributed by atoms with Crippen LogP contribution in [0, 0.1) is 6.92 Å². The van der Waals surface area contributed by atoms with Gasteiger partial charge in [-0.25, -0.2) is 0 Å². The van der Waals surface area contributed by atoms with Crippen LogP contribution in [0.2, 0.25) is 10.1 Å². The summed E-state index contributed by atoms with van der Waals surface area (Å²) < 4.78 is 4.50. The summed E-state index contributed by atoms with van der Waals surface area (Å²) in [6.45, 7) is 15.9. The van der Waals surface area contributed by atoms with Gasteiger partial charge in [0.2, 0.25) is 0 Å². The van der Waals surface area contributed by atoms with Crippen LogP contribution >= 0.6 is 31.9 Å². The zero-order chi connectivity index (χ0) is 23.8. The van der Waals surface area contributed by atoms with E-state index in [0.717, 1.165) is 40.7 Å². The van der Waals surface area contributed by atoms with Crippen LogP contribution in [0.1, 0.15) is 46.0 Å². The third kappa shape index (κ3) is 3.30. The van der Waals surface area contributed by atoms with Crippen molar-refractivity contribution in [3.05, 3.63) is 48.9 Å². The predicted molar refractivity (Wildman–Crippen MR) is 145 cm³/mol. The van der Waals surface area contributed by atoms with Crippen molar-refractivity contribution in [3.63, 3.8) is 0 Å². The number of rotatable bonds is 1. The number of aryl methyl sites for hydroxylation is 1. The first-order chi connectivity index (χ1) is 14.7. The van der Waals surface area contributed by atoms with Crippen molar-refractivity contribution in [2.24, 2.45) is 4.99 Å². The Morgan fingerprint density at radius 1 is 1.00 bits per heavy atom. The zero-order valence-electron chi connectivity index (χ0n) is 19.4. The van der Waals surface area contributed by atoms with Crippen molar-refractivity contribution in [1.82, 2.24) is 0 Å². The zero-order valence-corrected chi connectivity index (χ0v) is 25.2. The second-order valence-corrected chi connectivity index (χ2v) is 20.2. The molecule has 0 spiro atoms. The summed E-state index contributed by atoms with van der Waals surface area (Å²) in [4.78, 5) is 17.7. The fourth-order valence-electron chi connectivity index (χ4n) is 5.80. The third-order valence-electron chi connectivity index (χ3n) is 6.58. The first-order valence-electron chi connectivity index (χ1n) is 10.6. The van der Waals surface area contributed by atoms with E-state index < -0.39 is 8.07 Å². The molecule has 3 nitrogen and oxygen atoms in total. The number of ketones is 1. The van der Waals surface area contributed by atoms with Gasteiger partial charge in [-0.05, 0) is 0 Å². The van der Waals surface area contributed by atoms with E-state index in [1.807, 2.05) is 18.2 Å². The van der Waals surface area contributed by atoms with Gasteiger partial charge in [0, 0.05) is 0 Å². The quantitative estimate of drug-likeness (QED) is 0.273. The van der Waals surface area contributed by atoms with Gasteiger partial charge >= 0.3 is 215 Å². The first kappa shape index (κ1) is 24.2. The molecular weight excluding hydrogens is 613 g/mol. The number of carbonyl (C=O) groups is 1. The van der Waals surface area contributed by atoms with Gasteiger partial charge in [0.25, 0.3) is 0 Å². The van der Waals surface area contributed by atoms with Crippen LogP contribution in [0.5, 0.6) is 5.75 Å². The van der Waals surface area contributed by atoms with Crippen molar-refractivity contribution < 1.29 is 9.90 Å². The number of allylic oxidation sites excluding steroid dienone is 4. The molecule has 0 atom stereocenters. The molecule has 168 valence electrons. The van der Waals surface area contributed by atoms with Crippen molar-refractivity contribution in [1.29, 1.82) is 0 Å². The van der Waals surface area contributed by atoms with Crippen LogP contribution in [0.3, 0.4) is 0 Å². The normalized spacial score (nSPS) is 17.6. The molecule has 0 saturated carbocycles. The molecule has 1 N–H and O–H groups in total. The van der Waals surface area contributed by atoms with E-state index >= 15 is 0 Å². The average molecular weight is 640 g/mol. The maximum absolute atomic E-state index is 12.6. The molecule has 2 aliphatic rings. The topological polar surface area (TPSA) is 49.7 Å². The molecular formula is C25H27Br2NO2SeSi. The Labute approximate surface area is 213 Å².